The molecule has 0 saturated carbocycles. The van der Waals surface area contributed by atoms with Crippen LogP contribution >= 0.6 is 15.9 Å². The van der Waals surface area contributed by atoms with Crippen molar-refractivity contribution in [3.63, 3.8) is 0 Å². The lowest BCUT2D eigenvalue weighted by Crippen LogP contribution is -1.99. The molecule has 0 fully saturated rings. The Bertz CT molecular complexity index is 843. The summed E-state index contributed by atoms with van der Waals surface area (Å²) in [7, 11) is 0. The maximum Gasteiger partial charge on any atom is 0.335 e. The van der Waals surface area contributed by atoms with Gasteiger partial charge in [0.1, 0.15) is 12.4 Å². The molecule has 0 heterocycles. The van der Waals surface area contributed by atoms with E-state index in [2.05, 4.69) is 28.1 Å². The summed E-state index contributed by atoms with van der Waals surface area (Å²) in [4.78, 5) is 10.8. The summed E-state index contributed by atoms with van der Waals surface area (Å²) in [6, 6.07) is 22.8. The number of rotatable bonds is 5. The van der Waals surface area contributed by atoms with Crippen LogP contribution in [0.1, 0.15) is 15.9 Å². The minimum atomic E-state index is -0.929. The van der Waals surface area contributed by atoms with Gasteiger partial charge in [-0.2, -0.15) is 0 Å². The number of halogens is 1. The first-order valence-electron chi connectivity index (χ1n) is 7.43. The Balaban J connectivity index is 1.70. The molecule has 0 spiro atoms. The van der Waals surface area contributed by atoms with Crippen molar-refractivity contribution in [1.29, 1.82) is 0 Å². The molecule has 0 radical (unpaired) electrons. The lowest BCUT2D eigenvalue weighted by atomic mass is 10.1. The molecule has 24 heavy (non-hydrogen) atoms. The Morgan fingerprint density at radius 2 is 1.62 bits per heavy atom. The molecule has 3 aromatic rings. The van der Waals surface area contributed by atoms with Crippen LogP contribution in [0.4, 0.5) is 0 Å². The quantitative estimate of drug-likeness (QED) is 0.642. The number of carboxylic acid groups (broad SMARTS) is 1. The van der Waals surface area contributed by atoms with E-state index in [9.17, 15) is 4.79 Å². The Hall–Kier alpha value is -2.59. The number of carboxylic acids is 1. The molecule has 0 aliphatic heterocycles. The predicted molar refractivity (Wildman–Crippen MR) is 97.3 cm³/mol. The molecule has 120 valence electrons. The number of hydrogen-bond donors (Lipinski definition) is 1. The lowest BCUT2D eigenvalue weighted by Gasteiger charge is -2.10. The topological polar surface area (TPSA) is 46.5 Å². The van der Waals surface area contributed by atoms with E-state index in [1.54, 1.807) is 24.3 Å². The number of aromatic carboxylic acids is 1. The zero-order chi connectivity index (χ0) is 16.9. The third-order valence-electron chi connectivity index (χ3n) is 3.63. The van der Waals surface area contributed by atoms with Crippen LogP contribution in [0.2, 0.25) is 0 Å². The van der Waals surface area contributed by atoms with Gasteiger partial charge in [-0.15, -0.1) is 0 Å². The summed E-state index contributed by atoms with van der Waals surface area (Å²) >= 11 is 3.55. The van der Waals surface area contributed by atoms with Crippen LogP contribution in [0.5, 0.6) is 5.75 Å². The molecule has 4 heteroatoms. The molecule has 0 aliphatic rings. The second kappa shape index (κ2) is 7.32. The van der Waals surface area contributed by atoms with Gasteiger partial charge in [-0.3, -0.25) is 0 Å². The van der Waals surface area contributed by atoms with E-state index >= 15 is 0 Å². The fourth-order valence-corrected chi connectivity index (χ4v) is 2.83. The van der Waals surface area contributed by atoms with Gasteiger partial charge in [-0.25, -0.2) is 4.79 Å². The van der Waals surface area contributed by atoms with Gasteiger partial charge in [0.15, 0.2) is 0 Å². The standard InChI is InChI=1S/C20H15BrO3/c21-18-12-17(15-4-2-1-3-5-15)10-11-19(18)24-13-14-6-8-16(9-7-14)20(22)23/h1-12H,13H2,(H,22,23). The zero-order valence-electron chi connectivity index (χ0n) is 12.8. The van der Waals surface area contributed by atoms with E-state index < -0.39 is 5.97 Å². The highest BCUT2D eigenvalue weighted by molar-refractivity contribution is 9.10. The van der Waals surface area contributed by atoms with Crippen molar-refractivity contribution in [2.45, 2.75) is 6.61 Å². The molecule has 0 saturated heterocycles. The second-order valence-electron chi connectivity index (χ2n) is 5.30. The summed E-state index contributed by atoms with van der Waals surface area (Å²) in [5.74, 6) is -0.182. The Morgan fingerprint density at radius 1 is 0.917 bits per heavy atom. The molecule has 0 atom stereocenters. The van der Waals surface area contributed by atoms with Crippen LogP contribution in [-0.2, 0) is 6.61 Å². The van der Waals surface area contributed by atoms with Gasteiger partial charge in [0.05, 0.1) is 10.0 Å². The van der Waals surface area contributed by atoms with Gasteiger partial charge < -0.3 is 9.84 Å². The van der Waals surface area contributed by atoms with Crippen LogP contribution in [0, 0.1) is 0 Å². The van der Waals surface area contributed by atoms with E-state index in [0.717, 1.165) is 26.9 Å². The maximum absolute atomic E-state index is 10.8. The molecule has 1 N–H and O–H groups in total. The average Bonchev–Trinajstić information content (AvgIpc) is 2.62. The minimum absolute atomic E-state index is 0.271. The number of hydrogen-bond acceptors (Lipinski definition) is 2. The molecule has 0 unspecified atom stereocenters. The fourth-order valence-electron chi connectivity index (χ4n) is 2.33. The minimum Gasteiger partial charge on any atom is -0.488 e. The first kappa shape index (κ1) is 16.3. The molecule has 3 nitrogen and oxygen atoms in total. The lowest BCUT2D eigenvalue weighted by molar-refractivity contribution is 0.0697. The van der Waals surface area contributed by atoms with Crippen LogP contribution in [-0.4, -0.2) is 11.1 Å². The summed E-state index contributed by atoms with van der Waals surface area (Å²) in [5, 5.41) is 8.90. The highest BCUT2D eigenvalue weighted by Gasteiger charge is 2.06. The van der Waals surface area contributed by atoms with Gasteiger partial charge in [0.25, 0.3) is 0 Å². The van der Waals surface area contributed by atoms with Crippen molar-refractivity contribution in [3.8, 4) is 16.9 Å². The van der Waals surface area contributed by atoms with Crippen LogP contribution in [0.25, 0.3) is 11.1 Å². The normalized spacial score (nSPS) is 10.4. The van der Waals surface area contributed by atoms with Gasteiger partial charge in [0.2, 0.25) is 0 Å². The summed E-state index contributed by atoms with van der Waals surface area (Å²) in [6.07, 6.45) is 0. The first-order chi connectivity index (χ1) is 11.6. The largest absolute Gasteiger partial charge is 0.488 e. The molecule has 3 rings (SSSR count). The van der Waals surface area contributed by atoms with Crippen LogP contribution < -0.4 is 4.74 Å². The van der Waals surface area contributed by atoms with Crippen LogP contribution in [0.15, 0.2) is 77.3 Å². The van der Waals surface area contributed by atoms with Gasteiger partial charge in [-0.1, -0.05) is 48.5 Å². The van der Waals surface area contributed by atoms with Crippen LogP contribution in [0.3, 0.4) is 0 Å². The Labute approximate surface area is 148 Å². The second-order valence-corrected chi connectivity index (χ2v) is 6.16. The van der Waals surface area contributed by atoms with E-state index in [1.165, 1.54) is 0 Å². The Kier molecular flexibility index (Phi) is 4.96. The number of benzene rings is 3. The van der Waals surface area contributed by atoms with Gasteiger partial charge in [0, 0.05) is 0 Å². The third kappa shape index (κ3) is 3.84. The van der Waals surface area contributed by atoms with E-state index in [1.807, 2.05) is 36.4 Å². The van der Waals surface area contributed by atoms with Gasteiger partial charge in [-0.05, 0) is 56.9 Å². The SMILES string of the molecule is O=C(O)c1ccc(COc2ccc(-c3ccccc3)cc2Br)cc1. The van der Waals surface area contributed by atoms with Crippen molar-refractivity contribution in [2.24, 2.45) is 0 Å². The summed E-state index contributed by atoms with van der Waals surface area (Å²) in [5.41, 5.74) is 3.45. The smallest absolute Gasteiger partial charge is 0.335 e. The third-order valence-corrected chi connectivity index (χ3v) is 4.25. The highest BCUT2D eigenvalue weighted by atomic mass is 79.9. The van der Waals surface area contributed by atoms with E-state index in [4.69, 9.17) is 9.84 Å². The summed E-state index contributed by atoms with van der Waals surface area (Å²) < 4.78 is 6.70. The molecular weight excluding hydrogens is 368 g/mol. The Morgan fingerprint density at radius 3 is 2.25 bits per heavy atom. The molecule has 0 aromatic heterocycles. The molecule has 3 aromatic carbocycles. The van der Waals surface area contributed by atoms with E-state index in [-0.39, 0.29) is 5.56 Å². The molecular formula is C20H15BrO3. The van der Waals surface area contributed by atoms with Crippen molar-refractivity contribution >= 4 is 21.9 Å². The summed E-state index contributed by atoms with van der Waals surface area (Å²) in [6.45, 7) is 0.378. The maximum atomic E-state index is 10.8. The fraction of sp³-hybridized carbons (Fsp3) is 0.0500. The molecule has 0 bridgehead atoms. The van der Waals surface area contributed by atoms with Crippen molar-refractivity contribution in [2.75, 3.05) is 0 Å². The zero-order valence-corrected chi connectivity index (χ0v) is 14.4. The molecule has 0 aliphatic carbocycles. The number of carbonyl (C=O) groups is 1. The first-order valence-corrected chi connectivity index (χ1v) is 8.23. The van der Waals surface area contributed by atoms with E-state index in [0.29, 0.717) is 6.61 Å². The van der Waals surface area contributed by atoms with Crippen molar-refractivity contribution in [3.05, 3.63) is 88.4 Å². The van der Waals surface area contributed by atoms with Gasteiger partial charge >= 0.3 is 5.97 Å². The number of ether oxygens (including phenoxy) is 1. The molecule has 0 amide bonds. The average molecular weight is 383 g/mol. The van der Waals surface area contributed by atoms with Crippen molar-refractivity contribution in [1.82, 2.24) is 0 Å². The van der Waals surface area contributed by atoms with Crippen molar-refractivity contribution < 1.29 is 14.6 Å². The highest BCUT2D eigenvalue weighted by Crippen LogP contribution is 2.31. The predicted octanol–water partition coefficient (Wildman–Crippen LogP) is 5.39. The monoisotopic (exact) mass is 382 g/mol.